The standard InChI is InChI=1S/C17H17N3O3S/c1-12-17(13(2)19-18-12)24(21,22)20-14-8-10-16(11-9-14)23-15-6-4-3-5-7-15/h3-11,20H,1-2H3,(H,18,19). The van der Waals surface area contributed by atoms with E-state index in [1.54, 1.807) is 38.1 Å². The lowest BCUT2D eigenvalue weighted by Crippen LogP contribution is -2.14. The number of nitrogens with one attached hydrogen (secondary N) is 2. The molecule has 0 aliphatic heterocycles. The summed E-state index contributed by atoms with van der Waals surface area (Å²) in [6.45, 7) is 3.32. The molecule has 6 nitrogen and oxygen atoms in total. The monoisotopic (exact) mass is 343 g/mol. The highest BCUT2D eigenvalue weighted by atomic mass is 32.2. The summed E-state index contributed by atoms with van der Waals surface area (Å²) in [5.74, 6) is 1.34. The molecule has 0 fully saturated rings. The quantitative estimate of drug-likeness (QED) is 0.741. The number of hydrogen-bond donors (Lipinski definition) is 2. The summed E-state index contributed by atoms with van der Waals surface area (Å²) in [4.78, 5) is 0.173. The first kappa shape index (κ1) is 16.1. The fraction of sp³-hybridized carbons (Fsp3) is 0.118. The minimum atomic E-state index is -3.69. The SMILES string of the molecule is Cc1n[nH]c(C)c1S(=O)(=O)Nc1ccc(Oc2ccccc2)cc1. The molecular weight excluding hydrogens is 326 g/mol. The fourth-order valence-electron chi connectivity index (χ4n) is 2.36. The molecular formula is C17H17N3O3S. The molecule has 0 bridgehead atoms. The van der Waals surface area contributed by atoms with Crippen molar-refractivity contribution in [3.63, 3.8) is 0 Å². The van der Waals surface area contributed by atoms with Gasteiger partial charge in [0.1, 0.15) is 16.4 Å². The fourth-order valence-corrected chi connectivity index (χ4v) is 3.79. The molecule has 0 unspecified atom stereocenters. The van der Waals surface area contributed by atoms with Gasteiger partial charge in [0, 0.05) is 5.69 Å². The van der Waals surface area contributed by atoms with Crippen LogP contribution in [0.2, 0.25) is 0 Å². The van der Waals surface area contributed by atoms with Crippen LogP contribution in [0.1, 0.15) is 11.4 Å². The van der Waals surface area contributed by atoms with Crippen LogP contribution in [0.25, 0.3) is 0 Å². The summed E-state index contributed by atoms with van der Waals surface area (Å²) in [6, 6.07) is 16.1. The highest BCUT2D eigenvalue weighted by Crippen LogP contribution is 2.25. The molecule has 0 atom stereocenters. The van der Waals surface area contributed by atoms with E-state index >= 15 is 0 Å². The summed E-state index contributed by atoms with van der Waals surface area (Å²) >= 11 is 0. The van der Waals surface area contributed by atoms with E-state index in [9.17, 15) is 8.42 Å². The number of sulfonamides is 1. The largest absolute Gasteiger partial charge is 0.457 e. The first-order valence-corrected chi connectivity index (χ1v) is 8.81. The number of nitrogens with zero attached hydrogens (tertiary/aromatic N) is 1. The van der Waals surface area contributed by atoms with Crippen LogP contribution < -0.4 is 9.46 Å². The molecule has 2 aromatic carbocycles. The molecule has 3 rings (SSSR count). The molecule has 0 saturated carbocycles. The van der Waals surface area contributed by atoms with Crippen molar-refractivity contribution in [2.45, 2.75) is 18.7 Å². The van der Waals surface area contributed by atoms with Crippen LogP contribution in [-0.4, -0.2) is 18.6 Å². The van der Waals surface area contributed by atoms with Gasteiger partial charge < -0.3 is 4.74 Å². The minimum Gasteiger partial charge on any atom is -0.457 e. The van der Waals surface area contributed by atoms with E-state index in [4.69, 9.17) is 4.74 Å². The second-order valence-corrected chi connectivity index (χ2v) is 6.93. The van der Waals surface area contributed by atoms with Gasteiger partial charge in [0.15, 0.2) is 0 Å². The van der Waals surface area contributed by atoms with Gasteiger partial charge in [0.2, 0.25) is 0 Å². The molecule has 0 saturated heterocycles. The normalized spacial score (nSPS) is 11.2. The average molecular weight is 343 g/mol. The number of hydrogen-bond acceptors (Lipinski definition) is 4. The summed E-state index contributed by atoms with van der Waals surface area (Å²) in [5.41, 5.74) is 1.39. The first-order valence-electron chi connectivity index (χ1n) is 7.33. The first-order chi connectivity index (χ1) is 11.5. The Labute approximate surface area is 140 Å². The van der Waals surface area contributed by atoms with E-state index in [2.05, 4.69) is 14.9 Å². The number of benzene rings is 2. The molecule has 2 N–H and O–H groups in total. The zero-order valence-electron chi connectivity index (χ0n) is 13.3. The number of aromatic amines is 1. The number of aryl methyl sites for hydroxylation is 2. The van der Waals surface area contributed by atoms with E-state index in [0.717, 1.165) is 5.75 Å². The number of anilines is 1. The van der Waals surface area contributed by atoms with Crippen molar-refractivity contribution >= 4 is 15.7 Å². The van der Waals surface area contributed by atoms with Crippen LogP contribution in [0.15, 0.2) is 59.5 Å². The molecule has 1 aromatic heterocycles. The third kappa shape index (κ3) is 3.41. The average Bonchev–Trinajstić information content (AvgIpc) is 2.90. The van der Waals surface area contributed by atoms with E-state index in [1.165, 1.54) is 0 Å². The van der Waals surface area contributed by atoms with E-state index < -0.39 is 10.0 Å². The molecule has 0 spiro atoms. The van der Waals surface area contributed by atoms with Crippen LogP contribution in [0.3, 0.4) is 0 Å². The van der Waals surface area contributed by atoms with Gasteiger partial charge in [-0.1, -0.05) is 18.2 Å². The molecule has 7 heteroatoms. The number of aromatic nitrogens is 2. The predicted octanol–water partition coefficient (Wildman–Crippen LogP) is 3.62. The molecule has 24 heavy (non-hydrogen) atoms. The Bertz CT molecular complexity index is 913. The number of ether oxygens (including phenoxy) is 1. The molecule has 3 aromatic rings. The summed E-state index contributed by atoms with van der Waals surface area (Å²) in [6.07, 6.45) is 0. The van der Waals surface area contributed by atoms with Crippen molar-refractivity contribution in [1.29, 1.82) is 0 Å². The Morgan fingerprint density at radius 2 is 1.58 bits per heavy atom. The van der Waals surface area contributed by atoms with Crippen molar-refractivity contribution < 1.29 is 13.2 Å². The van der Waals surface area contributed by atoms with Crippen molar-refractivity contribution in [3.8, 4) is 11.5 Å². The second kappa shape index (κ2) is 6.37. The number of para-hydroxylation sites is 1. The van der Waals surface area contributed by atoms with Gasteiger partial charge in [-0.3, -0.25) is 9.82 Å². The van der Waals surface area contributed by atoms with Crippen LogP contribution >= 0.6 is 0 Å². The van der Waals surface area contributed by atoms with E-state index in [-0.39, 0.29) is 4.90 Å². The van der Waals surface area contributed by atoms with Crippen LogP contribution in [-0.2, 0) is 10.0 Å². The van der Waals surface area contributed by atoms with Gasteiger partial charge in [0.05, 0.1) is 11.4 Å². The number of H-pyrrole nitrogens is 1. The molecule has 0 aliphatic rings. The van der Waals surface area contributed by atoms with Crippen molar-refractivity contribution in [3.05, 3.63) is 66.0 Å². The molecule has 1 heterocycles. The lowest BCUT2D eigenvalue weighted by Gasteiger charge is -2.10. The Kier molecular flexibility index (Phi) is 4.26. The smallest absolute Gasteiger partial charge is 0.265 e. The minimum absolute atomic E-state index is 0.173. The molecule has 124 valence electrons. The van der Waals surface area contributed by atoms with Crippen LogP contribution in [0.4, 0.5) is 5.69 Å². The third-order valence-electron chi connectivity index (χ3n) is 3.41. The Balaban J connectivity index is 1.77. The second-order valence-electron chi connectivity index (χ2n) is 5.31. The lowest BCUT2D eigenvalue weighted by molar-refractivity contribution is 0.483. The summed E-state index contributed by atoms with van der Waals surface area (Å²) in [5, 5.41) is 6.60. The van der Waals surface area contributed by atoms with Gasteiger partial charge in [-0.25, -0.2) is 8.42 Å². The number of rotatable bonds is 5. The Morgan fingerprint density at radius 3 is 2.17 bits per heavy atom. The summed E-state index contributed by atoms with van der Waals surface area (Å²) in [7, 11) is -3.69. The Hall–Kier alpha value is -2.80. The Morgan fingerprint density at radius 1 is 0.958 bits per heavy atom. The van der Waals surface area contributed by atoms with Gasteiger partial charge in [-0.15, -0.1) is 0 Å². The van der Waals surface area contributed by atoms with Crippen LogP contribution in [0.5, 0.6) is 11.5 Å². The molecule has 0 aliphatic carbocycles. The molecule has 0 amide bonds. The zero-order chi connectivity index (χ0) is 17.2. The maximum atomic E-state index is 12.5. The maximum absolute atomic E-state index is 12.5. The van der Waals surface area contributed by atoms with Gasteiger partial charge >= 0.3 is 0 Å². The summed E-state index contributed by atoms with van der Waals surface area (Å²) < 4.78 is 33.2. The van der Waals surface area contributed by atoms with Crippen molar-refractivity contribution in [1.82, 2.24) is 10.2 Å². The van der Waals surface area contributed by atoms with Crippen molar-refractivity contribution in [2.75, 3.05) is 4.72 Å². The molecule has 0 radical (unpaired) electrons. The van der Waals surface area contributed by atoms with Gasteiger partial charge in [-0.05, 0) is 50.2 Å². The maximum Gasteiger partial charge on any atom is 0.265 e. The topological polar surface area (TPSA) is 84.1 Å². The van der Waals surface area contributed by atoms with Crippen LogP contribution in [0, 0.1) is 13.8 Å². The highest BCUT2D eigenvalue weighted by Gasteiger charge is 2.22. The van der Waals surface area contributed by atoms with Gasteiger partial charge in [-0.2, -0.15) is 5.10 Å². The van der Waals surface area contributed by atoms with E-state index in [0.29, 0.717) is 22.8 Å². The predicted molar refractivity (Wildman–Crippen MR) is 91.8 cm³/mol. The lowest BCUT2D eigenvalue weighted by atomic mass is 10.3. The zero-order valence-corrected chi connectivity index (χ0v) is 14.1. The third-order valence-corrected chi connectivity index (χ3v) is 5.06. The van der Waals surface area contributed by atoms with Crippen molar-refractivity contribution in [2.24, 2.45) is 0 Å². The van der Waals surface area contributed by atoms with E-state index in [1.807, 2.05) is 30.3 Å². The van der Waals surface area contributed by atoms with Gasteiger partial charge in [0.25, 0.3) is 10.0 Å². The highest BCUT2D eigenvalue weighted by molar-refractivity contribution is 7.92.